The van der Waals surface area contributed by atoms with Crippen LogP contribution in [-0.2, 0) is 11.4 Å². The van der Waals surface area contributed by atoms with Gasteiger partial charge in [0.05, 0.1) is 34.5 Å². The van der Waals surface area contributed by atoms with Crippen LogP contribution in [0.15, 0.2) is 86.2 Å². The van der Waals surface area contributed by atoms with Crippen molar-refractivity contribution in [1.29, 1.82) is 0 Å². The highest BCUT2D eigenvalue weighted by Crippen LogP contribution is 2.38. The van der Waals surface area contributed by atoms with E-state index in [1.807, 2.05) is 75.4 Å². The highest BCUT2D eigenvalue weighted by atomic mass is 79.9. The number of halogens is 2. The van der Waals surface area contributed by atoms with Crippen LogP contribution in [0.4, 0.5) is 0 Å². The second kappa shape index (κ2) is 14.1. The molecule has 0 saturated carbocycles. The second-order valence-corrected chi connectivity index (χ2v) is 12.5. The van der Waals surface area contributed by atoms with Crippen molar-refractivity contribution in [2.45, 2.75) is 33.4 Å². The van der Waals surface area contributed by atoms with E-state index in [9.17, 15) is 9.59 Å². The van der Waals surface area contributed by atoms with Gasteiger partial charge in [-0.2, -0.15) is 0 Å². The van der Waals surface area contributed by atoms with Gasteiger partial charge in [0.2, 0.25) is 0 Å². The van der Waals surface area contributed by atoms with Crippen LogP contribution in [0.2, 0.25) is 5.02 Å². The van der Waals surface area contributed by atoms with Crippen molar-refractivity contribution in [3.05, 3.63) is 118 Å². The van der Waals surface area contributed by atoms with Crippen LogP contribution < -0.4 is 29.1 Å². The van der Waals surface area contributed by atoms with Crippen molar-refractivity contribution < 1.29 is 19.0 Å². The number of ether oxygens (including phenoxy) is 3. The summed E-state index contributed by atoms with van der Waals surface area (Å²) in [5.41, 5.74) is 3.03. The molecule has 0 N–H and O–H groups in total. The summed E-state index contributed by atoms with van der Waals surface area (Å²) in [4.78, 5) is 35.1. The molecule has 0 saturated heterocycles. The Labute approximate surface area is 279 Å². The molecule has 0 bridgehead atoms. The molecule has 0 unspecified atom stereocenters. The Kier molecular flexibility index (Phi) is 10.2. The molecule has 0 radical (unpaired) electrons. The number of carbonyl (C=O) groups excluding carboxylic acids is 1. The van der Waals surface area contributed by atoms with E-state index in [1.165, 1.54) is 11.3 Å². The van der Waals surface area contributed by atoms with E-state index >= 15 is 0 Å². The maximum atomic E-state index is 14.2. The molecule has 4 aromatic rings. The molecule has 8 nitrogen and oxygen atoms in total. The highest BCUT2D eigenvalue weighted by Gasteiger charge is 2.36. The third-order valence-corrected chi connectivity index (χ3v) is 9.60. The van der Waals surface area contributed by atoms with Gasteiger partial charge in [-0.1, -0.05) is 47.2 Å². The minimum Gasteiger partial charge on any atom is -0.497 e. The molecule has 1 aliphatic heterocycles. The fraction of sp³-hybridized carbons (Fsp3) is 0.265. The van der Waals surface area contributed by atoms with E-state index in [4.69, 9.17) is 30.8 Å². The number of rotatable bonds is 10. The van der Waals surface area contributed by atoms with E-state index in [1.54, 1.807) is 35.8 Å². The smallest absolute Gasteiger partial charge is 0.271 e. The standard InChI is InChI=1S/C34H33BrClN3O5S/c1-6-38(7-2)33(41)30-20(3)37-34-39(31(30)24-18-23(42-4)13-15-27(24)43-5)32(40)29(45-34)17-21-12-14-28(25(35)16-21)44-19-22-10-8-9-11-26(22)36/h8-18,31H,6-7,19H2,1-5H3/b29-17+/t31-/m1/s1. The number of nitrogens with zero attached hydrogens (tertiary/aromatic N) is 3. The van der Waals surface area contributed by atoms with Gasteiger partial charge in [-0.25, -0.2) is 4.99 Å². The summed E-state index contributed by atoms with van der Waals surface area (Å²) < 4.78 is 20.1. The van der Waals surface area contributed by atoms with Crippen LogP contribution >= 0.6 is 38.9 Å². The van der Waals surface area contributed by atoms with Gasteiger partial charge in [-0.3, -0.25) is 14.2 Å². The number of thiazole rings is 1. The van der Waals surface area contributed by atoms with Crippen LogP contribution in [0, 0.1) is 0 Å². The average molecular weight is 711 g/mol. The molecule has 2 heterocycles. The second-order valence-electron chi connectivity index (χ2n) is 10.2. The summed E-state index contributed by atoms with van der Waals surface area (Å²) in [6.07, 6.45) is 1.82. The molecular formula is C34H33BrClN3O5S. The van der Waals surface area contributed by atoms with Crippen LogP contribution in [0.25, 0.3) is 6.08 Å². The Morgan fingerprint density at radius 3 is 2.47 bits per heavy atom. The maximum absolute atomic E-state index is 14.2. The van der Waals surface area contributed by atoms with E-state index in [0.29, 0.717) is 68.1 Å². The zero-order valence-electron chi connectivity index (χ0n) is 25.6. The molecule has 45 heavy (non-hydrogen) atoms. The monoisotopic (exact) mass is 709 g/mol. The normalized spacial score (nSPS) is 14.6. The van der Waals surface area contributed by atoms with Gasteiger partial charge in [0, 0.05) is 29.2 Å². The molecule has 0 aliphatic carbocycles. The summed E-state index contributed by atoms with van der Waals surface area (Å²) in [6.45, 7) is 7.03. The molecule has 3 aromatic carbocycles. The summed E-state index contributed by atoms with van der Waals surface area (Å²) in [7, 11) is 3.14. The third kappa shape index (κ3) is 6.59. The van der Waals surface area contributed by atoms with Gasteiger partial charge in [0.25, 0.3) is 11.5 Å². The first-order valence-electron chi connectivity index (χ1n) is 14.4. The van der Waals surface area contributed by atoms with Gasteiger partial charge >= 0.3 is 0 Å². The van der Waals surface area contributed by atoms with Crippen molar-refractivity contribution in [3.63, 3.8) is 0 Å². The Hall–Kier alpha value is -3.86. The summed E-state index contributed by atoms with van der Waals surface area (Å²) >= 11 is 11.2. The third-order valence-electron chi connectivity index (χ3n) is 7.63. The molecule has 1 aromatic heterocycles. The highest BCUT2D eigenvalue weighted by molar-refractivity contribution is 9.10. The fourth-order valence-electron chi connectivity index (χ4n) is 5.27. The Morgan fingerprint density at radius 1 is 1.07 bits per heavy atom. The number of hydrogen-bond acceptors (Lipinski definition) is 7. The lowest BCUT2D eigenvalue weighted by atomic mass is 9.93. The van der Waals surface area contributed by atoms with Gasteiger partial charge < -0.3 is 19.1 Å². The Bertz CT molecular complexity index is 1960. The van der Waals surface area contributed by atoms with E-state index < -0.39 is 6.04 Å². The van der Waals surface area contributed by atoms with Crippen LogP contribution in [0.1, 0.15) is 43.5 Å². The van der Waals surface area contributed by atoms with E-state index in [-0.39, 0.29) is 11.5 Å². The summed E-state index contributed by atoms with van der Waals surface area (Å²) in [5, 5.41) is 0.641. The lowest BCUT2D eigenvalue weighted by molar-refractivity contribution is -0.127. The van der Waals surface area contributed by atoms with Crippen molar-refractivity contribution in [2.75, 3.05) is 27.3 Å². The maximum Gasteiger partial charge on any atom is 0.271 e. The van der Waals surface area contributed by atoms with Crippen molar-refractivity contribution in [3.8, 4) is 17.2 Å². The predicted octanol–water partition coefficient (Wildman–Crippen LogP) is 6.12. The number of fused-ring (bicyclic) bond motifs is 1. The molecule has 234 valence electrons. The molecule has 1 amide bonds. The molecule has 11 heteroatoms. The average Bonchev–Trinajstić information content (AvgIpc) is 3.34. The lowest BCUT2D eigenvalue weighted by Gasteiger charge is -2.30. The van der Waals surface area contributed by atoms with E-state index in [2.05, 4.69) is 15.9 Å². The minimum absolute atomic E-state index is 0.179. The molecule has 1 atom stereocenters. The SMILES string of the molecule is CCN(CC)C(=O)C1=C(C)N=c2s/c(=C/c3ccc(OCc4ccccc4Cl)c(Br)c3)c(=O)n2[C@@H]1c1cc(OC)ccc1OC. The number of likely N-dealkylation sites (N-methyl/N-ethyl adjacent to an activating group) is 1. The number of methoxy groups -OCH3 is 2. The fourth-order valence-corrected chi connectivity index (χ4v) is 7.02. The van der Waals surface area contributed by atoms with Crippen molar-refractivity contribution >= 4 is 50.9 Å². The topological polar surface area (TPSA) is 82.4 Å². The van der Waals surface area contributed by atoms with Gasteiger partial charge in [0.15, 0.2) is 4.80 Å². The zero-order chi connectivity index (χ0) is 32.2. The van der Waals surface area contributed by atoms with Crippen molar-refractivity contribution in [1.82, 2.24) is 9.47 Å². The molecule has 1 aliphatic rings. The largest absolute Gasteiger partial charge is 0.497 e. The number of benzene rings is 3. The number of aromatic nitrogens is 1. The summed E-state index contributed by atoms with van der Waals surface area (Å²) in [5.74, 6) is 1.58. The van der Waals surface area contributed by atoms with Gasteiger partial charge in [-0.05, 0) is 84.7 Å². The molecule has 5 rings (SSSR count). The quantitative estimate of drug-likeness (QED) is 0.198. The number of hydrogen-bond donors (Lipinski definition) is 0. The first-order valence-corrected chi connectivity index (χ1v) is 16.4. The zero-order valence-corrected chi connectivity index (χ0v) is 28.8. The number of carbonyl (C=O) groups is 1. The predicted molar refractivity (Wildman–Crippen MR) is 181 cm³/mol. The van der Waals surface area contributed by atoms with Crippen LogP contribution in [0.3, 0.4) is 0 Å². The van der Waals surface area contributed by atoms with Crippen LogP contribution in [-0.4, -0.2) is 42.7 Å². The number of allylic oxidation sites excluding steroid dienone is 1. The van der Waals surface area contributed by atoms with E-state index in [0.717, 1.165) is 15.6 Å². The lowest BCUT2D eigenvalue weighted by Crippen LogP contribution is -2.43. The van der Waals surface area contributed by atoms with Gasteiger partial charge in [-0.15, -0.1) is 0 Å². The summed E-state index contributed by atoms with van der Waals surface area (Å²) in [6, 6.07) is 17.8. The number of amides is 1. The van der Waals surface area contributed by atoms with Crippen LogP contribution in [0.5, 0.6) is 17.2 Å². The minimum atomic E-state index is -0.770. The molecule has 0 spiro atoms. The molecular weight excluding hydrogens is 678 g/mol. The molecule has 0 fully saturated rings. The van der Waals surface area contributed by atoms with Gasteiger partial charge in [0.1, 0.15) is 29.9 Å². The first kappa shape index (κ1) is 32.5. The Balaban J connectivity index is 1.60. The Morgan fingerprint density at radius 2 is 1.80 bits per heavy atom. The van der Waals surface area contributed by atoms with Crippen molar-refractivity contribution in [2.24, 2.45) is 4.99 Å². The first-order chi connectivity index (χ1) is 21.7.